The highest BCUT2D eigenvalue weighted by molar-refractivity contribution is 6.32. The number of hydrogen-bond acceptors (Lipinski definition) is 1. The Morgan fingerprint density at radius 1 is 1.17 bits per heavy atom. The van der Waals surface area contributed by atoms with Crippen LogP contribution in [-0.4, -0.2) is 16.6 Å². The highest BCUT2D eigenvalue weighted by Crippen LogP contribution is 2.22. The monoisotopic (exact) mass is 189 g/mol. The van der Waals surface area contributed by atoms with Crippen molar-refractivity contribution in [1.82, 2.24) is 0 Å². The van der Waals surface area contributed by atoms with Crippen molar-refractivity contribution >= 4 is 17.8 Å². The van der Waals surface area contributed by atoms with Crippen molar-refractivity contribution in [2.24, 2.45) is 4.99 Å². The first kappa shape index (κ1) is 12.0. The first-order chi connectivity index (χ1) is 5.33. The van der Waals surface area contributed by atoms with Crippen LogP contribution in [0.1, 0.15) is 47.5 Å². The Morgan fingerprint density at radius 3 is 1.83 bits per heavy atom. The van der Waals surface area contributed by atoms with E-state index < -0.39 is 0 Å². The largest absolute Gasteiger partial charge is 0.290 e. The van der Waals surface area contributed by atoms with Crippen LogP contribution in [0.3, 0.4) is 0 Å². The fourth-order valence-electron chi connectivity index (χ4n) is 0.742. The van der Waals surface area contributed by atoms with Gasteiger partial charge < -0.3 is 0 Å². The molecular formula is C10H20ClN. The zero-order chi connectivity index (χ0) is 9.83. The summed E-state index contributed by atoms with van der Waals surface area (Å²) in [5.41, 5.74) is -0.00944. The van der Waals surface area contributed by atoms with Crippen LogP contribution in [0.5, 0.6) is 0 Å². The van der Waals surface area contributed by atoms with E-state index in [-0.39, 0.29) is 10.4 Å². The highest BCUT2D eigenvalue weighted by Gasteiger charge is 2.20. The molecule has 2 heteroatoms. The van der Waals surface area contributed by atoms with Crippen LogP contribution < -0.4 is 0 Å². The topological polar surface area (TPSA) is 12.4 Å². The molecule has 0 aromatic heterocycles. The van der Waals surface area contributed by atoms with Gasteiger partial charge in [-0.15, -0.1) is 11.6 Å². The summed E-state index contributed by atoms with van der Waals surface area (Å²) in [4.78, 5) is 4.18. The minimum Gasteiger partial charge on any atom is -0.290 e. The third-order valence-corrected chi connectivity index (χ3v) is 2.49. The predicted molar refractivity (Wildman–Crippen MR) is 57.4 cm³/mol. The van der Waals surface area contributed by atoms with Crippen LogP contribution >= 0.6 is 11.6 Å². The predicted octanol–water partition coefficient (Wildman–Crippen LogP) is 3.65. The maximum absolute atomic E-state index is 6.26. The molecule has 0 N–H and O–H groups in total. The Bertz CT molecular complexity index is 152. The first-order valence-corrected chi connectivity index (χ1v) is 4.96. The molecule has 0 saturated heterocycles. The average Bonchev–Trinajstić information content (AvgIpc) is 1.99. The third-order valence-electron chi connectivity index (χ3n) is 1.86. The third kappa shape index (κ3) is 4.76. The molecule has 72 valence electrons. The summed E-state index contributed by atoms with van der Waals surface area (Å²) < 4.78 is 0. The summed E-state index contributed by atoms with van der Waals surface area (Å²) in [6.07, 6.45) is 3.77. The van der Waals surface area contributed by atoms with E-state index in [2.05, 4.69) is 39.6 Å². The molecule has 0 aliphatic rings. The smallest absolute Gasteiger partial charge is 0.0787 e. The van der Waals surface area contributed by atoms with Crippen LogP contribution in [0, 0.1) is 0 Å². The van der Waals surface area contributed by atoms with Crippen molar-refractivity contribution in [2.75, 3.05) is 0 Å². The molecule has 0 spiro atoms. The van der Waals surface area contributed by atoms with Crippen LogP contribution in [0.2, 0.25) is 0 Å². The van der Waals surface area contributed by atoms with Crippen molar-refractivity contribution in [3.63, 3.8) is 0 Å². The molecule has 0 radical (unpaired) electrons. The van der Waals surface area contributed by atoms with Gasteiger partial charge in [-0.05, 0) is 33.6 Å². The lowest BCUT2D eigenvalue weighted by atomic mass is 10.0. The van der Waals surface area contributed by atoms with Gasteiger partial charge in [0.2, 0.25) is 0 Å². The minimum absolute atomic E-state index is 0.00944. The van der Waals surface area contributed by atoms with E-state index in [1.165, 1.54) is 0 Å². The lowest BCUT2D eigenvalue weighted by molar-refractivity contribution is 0.576. The van der Waals surface area contributed by atoms with E-state index in [1.54, 1.807) is 0 Å². The summed E-state index contributed by atoms with van der Waals surface area (Å²) in [5.74, 6) is 0. The molecule has 12 heavy (non-hydrogen) atoms. The lowest BCUT2D eigenvalue weighted by Gasteiger charge is -2.20. The molecule has 0 amide bonds. The minimum atomic E-state index is -0.229. The van der Waals surface area contributed by atoms with Gasteiger partial charge >= 0.3 is 0 Å². The molecule has 0 aliphatic carbocycles. The molecule has 0 saturated carbocycles. The second kappa shape index (κ2) is 4.27. The Labute approximate surface area is 81.2 Å². The van der Waals surface area contributed by atoms with E-state index in [4.69, 9.17) is 11.6 Å². The molecule has 0 heterocycles. The molecular weight excluding hydrogens is 170 g/mol. The molecule has 0 rings (SSSR count). The SMILES string of the molecule is CCC(Cl)(C=NC(C)(C)C)CC. The maximum Gasteiger partial charge on any atom is 0.0787 e. The van der Waals surface area contributed by atoms with Crippen molar-refractivity contribution in [3.8, 4) is 0 Å². The number of nitrogens with zero attached hydrogens (tertiary/aromatic N) is 1. The van der Waals surface area contributed by atoms with E-state index in [1.807, 2.05) is 6.21 Å². The summed E-state index contributed by atoms with van der Waals surface area (Å²) in [7, 11) is 0. The van der Waals surface area contributed by atoms with Gasteiger partial charge in [0.15, 0.2) is 0 Å². The summed E-state index contributed by atoms with van der Waals surface area (Å²) >= 11 is 6.26. The van der Waals surface area contributed by atoms with Crippen molar-refractivity contribution in [2.45, 2.75) is 57.9 Å². The molecule has 0 aliphatic heterocycles. The molecule has 0 aromatic rings. The van der Waals surface area contributed by atoms with E-state index >= 15 is 0 Å². The Balaban J connectivity index is 4.30. The van der Waals surface area contributed by atoms with Gasteiger partial charge in [-0.2, -0.15) is 0 Å². The molecule has 0 atom stereocenters. The zero-order valence-electron chi connectivity index (χ0n) is 8.82. The van der Waals surface area contributed by atoms with Crippen LogP contribution in [-0.2, 0) is 0 Å². The second-order valence-corrected chi connectivity index (χ2v) is 4.92. The number of halogens is 1. The number of hydrogen-bond donors (Lipinski definition) is 0. The molecule has 0 bridgehead atoms. The standard InChI is InChI=1S/C10H20ClN/c1-6-10(11,7-2)8-12-9(3,4)5/h8H,6-7H2,1-5H3. The van der Waals surface area contributed by atoms with Gasteiger partial charge in [-0.3, -0.25) is 4.99 Å². The van der Waals surface area contributed by atoms with Crippen molar-refractivity contribution in [1.29, 1.82) is 0 Å². The van der Waals surface area contributed by atoms with Gasteiger partial charge in [0.25, 0.3) is 0 Å². The lowest BCUT2D eigenvalue weighted by Crippen LogP contribution is -2.23. The quantitative estimate of drug-likeness (QED) is 0.475. The maximum atomic E-state index is 6.26. The molecule has 0 unspecified atom stereocenters. The van der Waals surface area contributed by atoms with Gasteiger partial charge in [0.05, 0.1) is 10.4 Å². The second-order valence-electron chi connectivity index (χ2n) is 4.17. The van der Waals surface area contributed by atoms with E-state index in [9.17, 15) is 0 Å². The number of alkyl halides is 1. The number of rotatable bonds is 3. The van der Waals surface area contributed by atoms with E-state index in [0.717, 1.165) is 12.8 Å². The Kier molecular flexibility index (Phi) is 4.25. The number of aliphatic imine (C=N–C) groups is 1. The molecule has 0 fully saturated rings. The summed E-state index contributed by atoms with van der Waals surface area (Å²) in [5, 5.41) is 0. The van der Waals surface area contributed by atoms with Gasteiger partial charge in [-0.1, -0.05) is 13.8 Å². The normalized spacial score (nSPS) is 14.2. The fourth-order valence-corrected chi connectivity index (χ4v) is 0.791. The van der Waals surface area contributed by atoms with Crippen LogP contribution in [0.4, 0.5) is 0 Å². The zero-order valence-corrected chi connectivity index (χ0v) is 9.57. The Hall–Kier alpha value is -0.0400. The van der Waals surface area contributed by atoms with Gasteiger partial charge in [0.1, 0.15) is 0 Å². The summed E-state index contributed by atoms with van der Waals surface area (Å²) in [6.45, 7) is 10.4. The molecule has 0 aromatic carbocycles. The van der Waals surface area contributed by atoms with E-state index in [0.29, 0.717) is 0 Å². The average molecular weight is 190 g/mol. The Morgan fingerprint density at radius 2 is 1.58 bits per heavy atom. The first-order valence-electron chi connectivity index (χ1n) is 4.58. The fraction of sp³-hybridized carbons (Fsp3) is 0.900. The van der Waals surface area contributed by atoms with Crippen molar-refractivity contribution < 1.29 is 0 Å². The van der Waals surface area contributed by atoms with Crippen LogP contribution in [0.25, 0.3) is 0 Å². The highest BCUT2D eigenvalue weighted by atomic mass is 35.5. The van der Waals surface area contributed by atoms with Crippen molar-refractivity contribution in [3.05, 3.63) is 0 Å². The molecule has 1 nitrogen and oxygen atoms in total. The van der Waals surface area contributed by atoms with Gasteiger partial charge in [0, 0.05) is 6.21 Å². The summed E-state index contributed by atoms with van der Waals surface area (Å²) in [6, 6.07) is 0. The van der Waals surface area contributed by atoms with Gasteiger partial charge in [-0.25, -0.2) is 0 Å². The van der Waals surface area contributed by atoms with Crippen LogP contribution in [0.15, 0.2) is 4.99 Å².